The Morgan fingerprint density at radius 2 is 1.86 bits per heavy atom. The van der Waals surface area contributed by atoms with Gasteiger partial charge < -0.3 is 15.3 Å². The van der Waals surface area contributed by atoms with Crippen molar-refractivity contribution in [2.24, 2.45) is 5.92 Å². The maximum Gasteiger partial charge on any atom is 0.0991 e. The summed E-state index contributed by atoms with van der Waals surface area (Å²) in [5.41, 5.74) is 0. The lowest BCUT2D eigenvalue weighted by atomic mass is 9.88. The van der Waals surface area contributed by atoms with Crippen LogP contribution in [0.2, 0.25) is 0 Å². The number of aliphatic hydroxyl groups is 3. The normalized spacial score (nSPS) is 49.3. The van der Waals surface area contributed by atoms with E-state index >= 15 is 0 Å². The summed E-state index contributed by atoms with van der Waals surface area (Å²) >= 11 is 0. The van der Waals surface area contributed by atoms with Crippen molar-refractivity contribution in [3.05, 3.63) is 0 Å². The molecular weight excluding hydrogens is 182 g/mol. The molecule has 4 nitrogen and oxygen atoms in total. The highest BCUT2D eigenvalue weighted by molar-refractivity contribution is 5.00. The van der Waals surface area contributed by atoms with E-state index in [1.807, 2.05) is 4.90 Å². The predicted octanol–water partition coefficient (Wildman–Crippen LogP) is -0.817. The van der Waals surface area contributed by atoms with Gasteiger partial charge in [0.2, 0.25) is 0 Å². The van der Waals surface area contributed by atoms with Gasteiger partial charge in [-0.3, -0.25) is 4.90 Å². The Hall–Kier alpha value is -0.160. The van der Waals surface area contributed by atoms with Gasteiger partial charge in [0, 0.05) is 13.1 Å². The quantitative estimate of drug-likeness (QED) is 0.519. The average Bonchev–Trinajstić information content (AvgIpc) is 2.43. The lowest BCUT2D eigenvalue weighted by Gasteiger charge is -2.39. The van der Waals surface area contributed by atoms with Crippen molar-refractivity contribution in [1.82, 2.24) is 4.90 Å². The van der Waals surface area contributed by atoms with Gasteiger partial charge >= 0.3 is 0 Å². The van der Waals surface area contributed by atoms with Gasteiger partial charge in [0.25, 0.3) is 0 Å². The number of hydrogen-bond acceptors (Lipinski definition) is 4. The first-order valence-electron chi connectivity index (χ1n) is 5.41. The van der Waals surface area contributed by atoms with Crippen LogP contribution in [-0.2, 0) is 0 Å². The van der Waals surface area contributed by atoms with Crippen LogP contribution in [0, 0.1) is 5.92 Å². The van der Waals surface area contributed by atoms with Gasteiger partial charge in [-0.2, -0.15) is 0 Å². The van der Waals surface area contributed by atoms with Crippen LogP contribution < -0.4 is 0 Å². The number of nitrogens with zero attached hydrogens (tertiary/aromatic N) is 1. The Labute approximate surface area is 84.2 Å². The Morgan fingerprint density at radius 3 is 2.50 bits per heavy atom. The molecule has 2 aliphatic heterocycles. The minimum absolute atomic E-state index is 0.243. The van der Waals surface area contributed by atoms with Gasteiger partial charge in [0.1, 0.15) is 0 Å². The van der Waals surface area contributed by atoms with Crippen LogP contribution in [0.1, 0.15) is 19.8 Å². The predicted molar refractivity (Wildman–Crippen MR) is 51.8 cm³/mol. The summed E-state index contributed by atoms with van der Waals surface area (Å²) in [5, 5.41) is 29.0. The standard InChI is InChI=1S/C10H19NO3/c1-2-6-3-7(12)9-10(14)8(13)5-11(9)4-6/h6-10,12-14H,2-5H2,1H3/t6-,7-,8-,9-,10-/m1/s1. The summed E-state index contributed by atoms with van der Waals surface area (Å²) in [6.07, 6.45) is -0.151. The van der Waals surface area contributed by atoms with Gasteiger partial charge in [-0.15, -0.1) is 0 Å². The SMILES string of the molecule is CC[C@@H]1C[C@@H](O)[C@@H]2[C@H](O)[C@H](O)CN2C1. The second kappa shape index (κ2) is 3.77. The first-order valence-corrected chi connectivity index (χ1v) is 5.41. The van der Waals surface area contributed by atoms with E-state index in [1.165, 1.54) is 0 Å². The van der Waals surface area contributed by atoms with E-state index in [0.717, 1.165) is 19.4 Å². The summed E-state index contributed by atoms with van der Waals surface area (Å²) in [7, 11) is 0. The van der Waals surface area contributed by atoms with E-state index in [4.69, 9.17) is 0 Å². The van der Waals surface area contributed by atoms with Gasteiger partial charge in [-0.05, 0) is 12.3 Å². The van der Waals surface area contributed by atoms with Crippen molar-refractivity contribution in [3.8, 4) is 0 Å². The maximum atomic E-state index is 9.86. The van der Waals surface area contributed by atoms with E-state index in [-0.39, 0.29) is 6.04 Å². The first-order chi connectivity index (χ1) is 6.63. The minimum atomic E-state index is -0.775. The van der Waals surface area contributed by atoms with Crippen molar-refractivity contribution in [2.75, 3.05) is 13.1 Å². The number of fused-ring (bicyclic) bond motifs is 1. The van der Waals surface area contributed by atoms with Gasteiger partial charge in [-0.25, -0.2) is 0 Å². The van der Waals surface area contributed by atoms with E-state index in [9.17, 15) is 15.3 Å². The average molecular weight is 201 g/mol. The molecule has 0 aromatic carbocycles. The summed E-state index contributed by atoms with van der Waals surface area (Å²) in [4.78, 5) is 2.03. The van der Waals surface area contributed by atoms with Crippen molar-refractivity contribution in [1.29, 1.82) is 0 Å². The summed E-state index contributed by atoms with van der Waals surface area (Å²) in [6, 6.07) is -0.243. The van der Waals surface area contributed by atoms with E-state index in [1.54, 1.807) is 0 Å². The number of aliphatic hydroxyl groups excluding tert-OH is 3. The van der Waals surface area contributed by atoms with Gasteiger partial charge in [-0.1, -0.05) is 13.3 Å². The molecule has 0 aromatic rings. The maximum absolute atomic E-state index is 9.86. The molecule has 2 heterocycles. The van der Waals surface area contributed by atoms with Crippen molar-refractivity contribution in [3.63, 3.8) is 0 Å². The Kier molecular flexibility index (Phi) is 2.79. The van der Waals surface area contributed by atoms with E-state index in [2.05, 4.69) is 6.92 Å². The largest absolute Gasteiger partial charge is 0.391 e. The molecule has 2 saturated heterocycles. The highest BCUT2D eigenvalue weighted by atomic mass is 16.3. The van der Waals surface area contributed by atoms with Crippen LogP contribution >= 0.6 is 0 Å². The van der Waals surface area contributed by atoms with Crippen molar-refractivity contribution >= 4 is 0 Å². The zero-order chi connectivity index (χ0) is 10.3. The monoisotopic (exact) mass is 201 g/mol. The Bertz CT molecular complexity index is 212. The summed E-state index contributed by atoms with van der Waals surface area (Å²) < 4.78 is 0. The van der Waals surface area contributed by atoms with Crippen LogP contribution in [0.15, 0.2) is 0 Å². The van der Waals surface area contributed by atoms with Gasteiger partial charge in [0.05, 0.1) is 24.4 Å². The zero-order valence-corrected chi connectivity index (χ0v) is 8.50. The fraction of sp³-hybridized carbons (Fsp3) is 1.00. The molecule has 0 saturated carbocycles. The van der Waals surface area contributed by atoms with Crippen LogP contribution in [0.25, 0.3) is 0 Å². The number of piperidine rings is 1. The molecule has 0 aliphatic carbocycles. The molecule has 0 amide bonds. The molecule has 0 spiro atoms. The van der Waals surface area contributed by atoms with Crippen LogP contribution in [-0.4, -0.2) is 57.7 Å². The van der Waals surface area contributed by atoms with Crippen LogP contribution in [0.5, 0.6) is 0 Å². The summed E-state index contributed by atoms with van der Waals surface area (Å²) in [6.45, 7) is 3.51. The molecule has 0 aromatic heterocycles. The first kappa shape index (κ1) is 10.4. The minimum Gasteiger partial charge on any atom is -0.391 e. The molecule has 4 heteroatoms. The van der Waals surface area contributed by atoms with Crippen molar-refractivity contribution < 1.29 is 15.3 Å². The molecule has 5 atom stereocenters. The fourth-order valence-electron chi connectivity index (χ4n) is 2.76. The van der Waals surface area contributed by atoms with Crippen LogP contribution in [0.3, 0.4) is 0 Å². The van der Waals surface area contributed by atoms with E-state index < -0.39 is 18.3 Å². The molecular formula is C10H19NO3. The molecule has 0 unspecified atom stereocenters. The molecule has 3 N–H and O–H groups in total. The lowest BCUT2D eigenvalue weighted by Crippen LogP contribution is -2.51. The highest BCUT2D eigenvalue weighted by Crippen LogP contribution is 2.31. The van der Waals surface area contributed by atoms with Crippen LogP contribution in [0.4, 0.5) is 0 Å². The lowest BCUT2D eigenvalue weighted by molar-refractivity contribution is -0.0433. The highest BCUT2D eigenvalue weighted by Gasteiger charge is 2.47. The zero-order valence-electron chi connectivity index (χ0n) is 8.50. The Balaban J connectivity index is 2.08. The molecule has 14 heavy (non-hydrogen) atoms. The molecule has 2 rings (SSSR count). The number of rotatable bonds is 1. The molecule has 0 radical (unpaired) electrons. The fourth-order valence-corrected chi connectivity index (χ4v) is 2.76. The smallest absolute Gasteiger partial charge is 0.0991 e. The molecule has 82 valence electrons. The molecule has 0 bridgehead atoms. The molecule has 2 fully saturated rings. The third kappa shape index (κ3) is 1.56. The summed E-state index contributed by atoms with van der Waals surface area (Å²) in [5.74, 6) is 0.499. The Morgan fingerprint density at radius 1 is 1.14 bits per heavy atom. The number of hydrogen-bond donors (Lipinski definition) is 3. The van der Waals surface area contributed by atoms with Crippen molar-refractivity contribution in [2.45, 2.75) is 44.1 Å². The second-order valence-electron chi connectivity index (χ2n) is 4.58. The topological polar surface area (TPSA) is 63.9 Å². The molecule has 2 aliphatic rings. The van der Waals surface area contributed by atoms with Gasteiger partial charge in [0.15, 0.2) is 0 Å². The van der Waals surface area contributed by atoms with E-state index in [0.29, 0.717) is 12.5 Å². The third-order valence-electron chi connectivity index (χ3n) is 3.63. The third-order valence-corrected chi connectivity index (χ3v) is 3.63. The second-order valence-corrected chi connectivity index (χ2v) is 4.58.